The predicted octanol–water partition coefficient (Wildman–Crippen LogP) is 5.55. The minimum atomic E-state index is -5.60. The summed E-state index contributed by atoms with van der Waals surface area (Å²) in [5.41, 5.74) is -5.38. The summed E-state index contributed by atoms with van der Waals surface area (Å²) in [5.74, 6) is 0.124. The zero-order chi connectivity index (χ0) is 18.9. The van der Waals surface area contributed by atoms with Crippen LogP contribution in [0.5, 0.6) is 0 Å². The van der Waals surface area contributed by atoms with Crippen LogP contribution < -0.4 is 0 Å². The zero-order valence-electron chi connectivity index (χ0n) is 15.4. The number of rotatable bonds is 8. The highest BCUT2D eigenvalue weighted by atomic mass is 32.2. The van der Waals surface area contributed by atoms with Gasteiger partial charge in [-0.15, -0.1) is 0 Å². The molecule has 0 spiro atoms. The molecule has 0 fully saturated rings. The molecule has 23 heavy (non-hydrogen) atoms. The molecular formula is C15H31F3O3SSi. The average Bonchev–Trinajstić information content (AvgIpc) is 2.23. The summed E-state index contributed by atoms with van der Waals surface area (Å²) in [4.78, 5) is 0. The topological polar surface area (TPSA) is 43.4 Å². The second-order valence-electron chi connectivity index (χ2n) is 8.05. The molecule has 0 atom stereocenters. The summed E-state index contributed by atoms with van der Waals surface area (Å²) in [5, 5.41) is -0.611. The monoisotopic (exact) mass is 376 g/mol. The first kappa shape index (κ1) is 22.9. The molecule has 0 rings (SSSR count). The molecular weight excluding hydrogens is 345 g/mol. The minimum Gasteiger partial charge on any atom is -0.307 e. The van der Waals surface area contributed by atoms with E-state index < -0.39 is 29.0 Å². The summed E-state index contributed by atoms with van der Waals surface area (Å²) in [6.07, 6.45) is 0. The van der Waals surface area contributed by atoms with Gasteiger partial charge in [-0.1, -0.05) is 55.4 Å². The molecule has 8 heteroatoms. The van der Waals surface area contributed by atoms with Crippen molar-refractivity contribution in [1.82, 2.24) is 0 Å². The van der Waals surface area contributed by atoms with Gasteiger partial charge in [0.25, 0.3) is 0 Å². The van der Waals surface area contributed by atoms with Crippen molar-refractivity contribution in [1.29, 1.82) is 0 Å². The van der Waals surface area contributed by atoms with Gasteiger partial charge in [-0.2, -0.15) is 21.6 Å². The lowest BCUT2D eigenvalue weighted by Crippen LogP contribution is -2.55. The average molecular weight is 377 g/mol. The fourth-order valence-corrected chi connectivity index (χ4v) is 11.3. The number of hydrogen-bond acceptors (Lipinski definition) is 3. The second-order valence-corrected chi connectivity index (χ2v) is 14.2. The van der Waals surface area contributed by atoms with Crippen molar-refractivity contribution in [3.05, 3.63) is 0 Å². The molecule has 0 heterocycles. The second kappa shape index (κ2) is 7.43. The Morgan fingerprint density at radius 2 is 1.26 bits per heavy atom. The highest BCUT2D eigenvalue weighted by Crippen LogP contribution is 2.52. The van der Waals surface area contributed by atoms with Crippen LogP contribution in [0.2, 0.25) is 17.1 Å². The van der Waals surface area contributed by atoms with Crippen LogP contribution in [0.1, 0.15) is 55.4 Å². The van der Waals surface area contributed by atoms with E-state index in [1.807, 2.05) is 55.4 Å². The Balaban J connectivity index is 6.24. The van der Waals surface area contributed by atoms with E-state index in [0.717, 1.165) is 0 Å². The largest absolute Gasteiger partial charge is 0.522 e. The minimum absolute atomic E-state index is 0.00935. The van der Waals surface area contributed by atoms with Crippen LogP contribution in [0.3, 0.4) is 0 Å². The van der Waals surface area contributed by atoms with Crippen molar-refractivity contribution >= 4 is 18.4 Å². The Morgan fingerprint density at radius 1 is 0.913 bits per heavy atom. The highest BCUT2D eigenvalue weighted by Gasteiger charge is 2.59. The van der Waals surface area contributed by atoms with Gasteiger partial charge >= 0.3 is 15.6 Å². The number of hydrogen-bond donors (Lipinski definition) is 0. The maximum Gasteiger partial charge on any atom is 0.522 e. The molecule has 0 N–H and O–H groups in total. The fraction of sp³-hybridized carbons (Fsp3) is 1.00. The first-order valence-corrected chi connectivity index (χ1v) is 11.7. The standard InChI is InChI=1S/C15H31F3O3SSi/c1-11(2)9-23(10-12(3)4,14(7,8)13(5)6)21-22(19,20)15(16,17)18/h11-13H,9-10H2,1-8H3. The predicted molar refractivity (Wildman–Crippen MR) is 90.0 cm³/mol. The van der Waals surface area contributed by atoms with E-state index in [2.05, 4.69) is 0 Å². The van der Waals surface area contributed by atoms with Crippen molar-refractivity contribution in [2.75, 3.05) is 0 Å². The molecule has 0 aromatic carbocycles. The molecule has 0 saturated carbocycles. The van der Waals surface area contributed by atoms with Gasteiger partial charge in [-0.05, 0) is 34.9 Å². The molecule has 0 bridgehead atoms. The van der Waals surface area contributed by atoms with Gasteiger partial charge in [0.05, 0.1) is 0 Å². The molecule has 0 amide bonds. The molecule has 0 aromatic heterocycles. The summed E-state index contributed by atoms with van der Waals surface area (Å²) in [6.45, 7) is 15.1. The van der Waals surface area contributed by atoms with Crippen molar-refractivity contribution in [2.24, 2.45) is 17.8 Å². The maximum absolute atomic E-state index is 12.9. The van der Waals surface area contributed by atoms with Gasteiger partial charge in [0.15, 0.2) is 0 Å². The van der Waals surface area contributed by atoms with E-state index in [1.165, 1.54) is 0 Å². The quantitative estimate of drug-likeness (QED) is 0.412. The third-order valence-electron chi connectivity index (χ3n) is 4.65. The maximum atomic E-state index is 12.9. The van der Waals surface area contributed by atoms with E-state index in [4.69, 9.17) is 3.87 Å². The zero-order valence-corrected chi connectivity index (χ0v) is 17.2. The van der Waals surface area contributed by atoms with Crippen LogP contribution in [0.25, 0.3) is 0 Å². The van der Waals surface area contributed by atoms with Crippen LogP contribution >= 0.6 is 0 Å². The normalized spacial score (nSPS) is 15.0. The van der Waals surface area contributed by atoms with E-state index in [1.54, 1.807) is 0 Å². The number of alkyl halides is 3. The highest BCUT2D eigenvalue weighted by molar-refractivity contribution is 7.88. The van der Waals surface area contributed by atoms with E-state index in [-0.39, 0.29) is 17.8 Å². The summed E-state index contributed by atoms with van der Waals surface area (Å²) in [6, 6.07) is 0.761. The van der Waals surface area contributed by atoms with E-state index >= 15 is 0 Å². The Morgan fingerprint density at radius 3 is 1.48 bits per heavy atom. The SMILES string of the molecule is CC(C)C[Si](CC(C)C)(OS(=O)(=O)C(F)(F)F)C(C)(C)C(C)C. The van der Waals surface area contributed by atoms with Gasteiger partial charge in [0.1, 0.15) is 0 Å². The molecule has 0 aliphatic carbocycles. The Kier molecular flexibility index (Phi) is 7.41. The van der Waals surface area contributed by atoms with Gasteiger partial charge in [0, 0.05) is 0 Å². The van der Waals surface area contributed by atoms with Gasteiger partial charge in [-0.25, -0.2) is 0 Å². The lowest BCUT2D eigenvalue weighted by molar-refractivity contribution is -0.0507. The fourth-order valence-electron chi connectivity index (χ4n) is 2.89. The first-order valence-electron chi connectivity index (χ1n) is 8.00. The van der Waals surface area contributed by atoms with Crippen molar-refractivity contribution in [3.8, 4) is 0 Å². The van der Waals surface area contributed by atoms with Gasteiger partial charge < -0.3 is 3.87 Å². The van der Waals surface area contributed by atoms with Crippen LogP contribution in [-0.2, 0) is 14.0 Å². The van der Waals surface area contributed by atoms with Crippen molar-refractivity contribution < 1.29 is 25.5 Å². The molecule has 0 radical (unpaired) electrons. The molecule has 0 aromatic rings. The van der Waals surface area contributed by atoms with Crippen LogP contribution in [-0.4, -0.2) is 22.2 Å². The van der Waals surface area contributed by atoms with Crippen molar-refractivity contribution in [3.63, 3.8) is 0 Å². The van der Waals surface area contributed by atoms with Crippen LogP contribution in [0.15, 0.2) is 0 Å². The molecule has 3 nitrogen and oxygen atoms in total. The lowest BCUT2D eigenvalue weighted by Gasteiger charge is -2.48. The lowest BCUT2D eigenvalue weighted by atomic mass is 9.99. The Bertz CT molecular complexity index is 473. The number of halogens is 3. The summed E-state index contributed by atoms with van der Waals surface area (Å²) >= 11 is 0. The van der Waals surface area contributed by atoms with E-state index in [0.29, 0.717) is 12.1 Å². The smallest absolute Gasteiger partial charge is 0.307 e. The third-order valence-corrected chi connectivity index (χ3v) is 13.2. The van der Waals surface area contributed by atoms with E-state index in [9.17, 15) is 21.6 Å². The third kappa shape index (κ3) is 5.46. The molecule has 0 aliphatic heterocycles. The summed E-state index contributed by atoms with van der Waals surface area (Å²) in [7, 11) is -8.87. The summed E-state index contributed by atoms with van der Waals surface area (Å²) < 4.78 is 67.5. The first-order chi connectivity index (χ1) is 9.98. The Hall–Kier alpha value is -0.0831. The molecule has 0 aliphatic rings. The van der Waals surface area contributed by atoms with Crippen LogP contribution in [0.4, 0.5) is 13.2 Å². The Labute approximate surface area is 140 Å². The van der Waals surface area contributed by atoms with Gasteiger partial charge in [0.2, 0.25) is 8.32 Å². The van der Waals surface area contributed by atoms with Gasteiger partial charge in [-0.3, -0.25) is 0 Å². The molecule has 140 valence electrons. The van der Waals surface area contributed by atoms with Crippen LogP contribution in [0, 0.1) is 17.8 Å². The van der Waals surface area contributed by atoms with Crippen molar-refractivity contribution in [2.45, 2.75) is 78.0 Å². The molecule has 0 unspecified atom stereocenters. The molecule has 0 saturated heterocycles.